The van der Waals surface area contributed by atoms with Gasteiger partial charge in [0.2, 0.25) is 0 Å². The lowest BCUT2D eigenvalue weighted by molar-refractivity contribution is -0.137. The van der Waals surface area contributed by atoms with Gasteiger partial charge >= 0.3 is 5.97 Å². The zero-order valence-electron chi connectivity index (χ0n) is 33.1. The lowest BCUT2D eigenvalue weighted by Crippen LogP contribution is -2.21. The number of unbranched alkanes of at least 4 members (excludes halogenated alkanes) is 31. The molecule has 0 aromatic rings. The van der Waals surface area contributed by atoms with E-state index in [9.17, 15) is 4.79 Å². The monoisotopic (exact) mass is 663 g/mol. The van der Waals surface area contributed by atoms with Crippen LogP contribution in [0.1, 0.15) is 278 Å². The molecule has 282 valence electrons. The summed E-state index contributed by atoms with van der Waals surface area (Å²) in [6, 6.07) is 0. The third-order valence-electron chi connectivity index (χ3n) is 11.3. The maximum atomic E-state index is 10.8. The molecule has 0 aliphatic heterocycles. The quantitative estimate of drug-likeness (QED) is 0.0662. The summed E-state index contributed by atoms with van der Waals surface area (Å²) < 4.78 is 0. The van der Waals surface area contributed by atoms with Crippen molar-refractivity contribution < 1.29 is 9.90 Å². The van der Waals surface area contributed by atoms with Crippen molar-refractivity contribution in [3.05, 3.63) is 0 Å². The van der Waals surface area contributed by atoms with Crippen molar-refractivity contribution >= 4 is 5.97 Å². The predicted octanol–water partition coefficient (Wildman–Crippen LogP) is 16.7. The summed E-state index contributed by atoms with van der Waals surface area (Å²) in [5.41, 5.74) is 0.611. The van der Waals surface area contributed by atoms with Gasteiger partial charge in [0.05, 0.1) is 0 Å². The molecule has 0 amide bonds. The minimum Gasteiger partial charge on any atom is -0.481 e. The summed E-state index contributed by atoms with van der Waals surface area (Å²) in [4.78, 5) is 10.8. The van der Waals surface area contributed by atoms with Gasteiger partial charge in [-0.05, 0) is 37.5 Å². The van der Waals surface area contributed by atoms with E-state index in [1.165, 1.54) is 238 Å². The average molecular weight is 663 g/mol. The molecule has 0 fully saturated rings. The second-order valence-electron chi connectivity index (χ2n) is 16.0. The topological polar surface area (TPSA) is 37.3 Å². The lowest BCUT2D eigenvalue weighted by Gasteiger charge is -2.35. The predicted molar refractivity (Wildman–Crippen MR) is 212 cm³/mol. The molecule has 2 heteroatoms. The van der Waals surface area contributed by atoms with Crippen LogP contribution in [0.2, 0.25) is 0 Å². The van der Waals surface area contributed by atoms with E-state index in [4.69, 9.17) is 5.11 Å². The fourth-order valence-electron chi connectivity index (χ4n) is 8.02. The molecule has 0 spiro atoms. The van der Waals surface area contributed by atoms with Gasteiger partial charge in [0.25, 0.3) is 0 Å². The molecule has 0 aromatic carbocycles. The van der Waals surface area contributed by atoms with Gasteiger partial charge < -0.3 is 5.11 Å². The molecule has 2 nitrogen and oxygen atoms in total. The highest BCUT2D eigenvalue weighted by molar-refractivity contribution is 5.66. The molecular weight excluding hydrogens is 572 g/mol. The molecule has 0 radical (unpaired) electrons. The summed E-state index contributed by atoms with van der Waals surface area (Å²) in [6.07, 6.45) is 55.4. The molecule has 0 rings (SSSR count). The van der Waals surface area contributed by atoms with Crippen molar-refractivity contribution in [1.82, 2.24) is 0 Å². The highest BCUT2D eigenvalue weighted by atomic mass is 16.4. The fourth-order valence-corrected chi connectivity index (χ4v) is 8.02. The number of aliphatic carboxylic acids is 1. The van der Waals surface area contributed by atoms with Crippen LogP contribution < -0.4 is 0 Å². The number of rotatable bonds is 41. The van der Waals surface area contributed by atoms with Crippen molar-refractivity contribution in [2.75, 3.05) is 0 Å². The molecule has 0 aliphatic carbocycles. The Labute approximate surface area is 298 Å². The first kappa shape index (κ1) is 46.5. The van der Waals surface area contributed by atoms with Gasteiger partial charge in [0, 0.05) is 6.42 Å². The Bertz CT molecular complexity index is 544. The summed E-state index contributed by atoms with van der Waals surface area (Å²) in [7, 11) is 0. The van der Waals surface area contributed by atoms with Gasteiger partial charge in [-0.3, -0.25) is 4.79 Å². The van der Waals surface area contributed by atoms with Crippen LogP contribution in [0.4, 0.5) is 0 Å². The maximum absolute atomic E-state index is 10.8. The number of hydrogen-bond donors (Lipinski definition) is 1. The second kappa shape index (κ2) is 38.3. The first-order chi connectivity index (χ1) is 23.1. The Morgan fingerprint density at radius 1 is 0.319 bits per heavy atom. The Hall–Kier alpha value is -0.530. The molecule has 0 heterocycles. The third kappa shape index (κ3) is 35.1. The minimum absolute atomic E-state index is 0.346. The summed E-state index contributed by atoms with van der Waals surface area (Å²) in [5.74, 6) is -0.638. The van der Waals surface area contributed by atoms with Gasteiger partial charge in [-0.25, -0.2) is 0 Å². The van der Waals surface area contributed by atoms with Crippen molar-refractivity contribution in [3.63, 3.8) is 0 Å². The van der Waals surface area contributed by atoms with Gasteiger partial charge in [-0.15, -0.1) is 0 Å². The molecule has 1 N–H and O–H groups in total. The van der Waals surface area contributed by atoms with Crippen LogP contribution in [0, 0.1) is 5.41 Å². The Kier molecular flexibility index (Phi) is 37.8. The highest BCUT2D eigenvalue weighted by Gasteiger charge is 2.28. The molecule has 0 unspecified atom stereocenters. The molecule has 0 saturated heterocycles. The Morgan fingerprint density at radius 3 is 0.723 bits per heavy atom. The molecule has 0 bridgehead atoms. The molecule has 0 saturated carbocycles. The Morgan fingerprint density at radius 2 is 0.511 bits per heavy atom. The normalized spacial score (nSPS) is 11.9. The highest BCUT2D eigenvalue weighted by Crippen LogP contribution is 2.42. The van der Waals surface area contributed by atoms with Gasteiger partial charge in [0.15, 0.2) is 0 Å². The number of carboxylic acid groups (broad SMARTS) is 1. The first-order valence-corrected chi connectivity index (χ1v) is 22.3. The van der Waals surface area contributed by atoms with Crippen molar-refractivity contribution in [3.8, 4) is 0 Å². The maximum Gasteiger partial charge on any atom is 0.303 e. The number of hydrogen-bond acceptors (Lipinski definition) is 1. The third-order valence-corrected chi connectivity index (χ3v) is 11.3. The smallest absolute Gasteiger partial charge is 0.303 e. The summed E-state index contributed by atoms with van der Waals surface area (Å²) >= 11 is 0. The van der Waals surface area contributed by atoms with Crippen LogP contribution in [0.25, 0.3) is 0 Å². The van der Waals surface area contributed by atoms with Crippen LogP contribution >= 0.6 is 0 Å². The van der Waals surface area contributed by atoms with Crippen LogP contribution in [0.3, 0.4) is 0 Å². The van der Waals surface area contributed by atoms with E-state index < -0.39 is 5.97 Å². The second-order valence-corrected chi connectivity index (χ2v) is 16.0. The van der Waals surface area contributed by atoms with E-state index in [0.29, 0.717) is 11.8 Å². The van der Waals surface area contributed by atoms with Crippen LogP contribution in [-0.2, 0) is 4.79 Å². The van der Waals surface area contributed by atoms with Gasteiger partial charge in [-0.2, -0.15) is 0 Å². The van der Waals surface area contributed by atoms with Crippen LogP contribution in [-0.4, -0.2) is 11.1 Å². The largest absolute Gasteiger partial charge is 0.481 e. The Balaban J connectivity index is 4.86. The number of carboxylic acids is 1. The summed E-state index contributed by atoms with van der Waals surface area (Å²) in [6.45, 7) is 6.97. The van der Waals surface area contributed by atoms with E-state index in [-0.39, 0.29) is 0 Å². The van der Waals surface area contributed by atoms with E-state index in [2.05, 4.69) is 20.8 Å². The molecule has 0 aliphatic rings. The molecule has 0 aromatic heterocycles. The molecule has 47 heavy (non-hydrogen) atoms. The lowest BCUT2D eigenvalue weighted by atomic mass is 9.70. The van der Waals surface area contributed by atoms with Gasteiger partial charge in [0.1, 0.15) is 0 Å². The summed E-state index contributed by atoms with van der Waals surface area (Å²) in [5, 5.41) is 8.86. The van der Waals surface area contributed by atoms with Crippen LogP contribution in [0.5, 0.6) is 0 Å². The zero-order chi connectivity index (χ0) is 34.4. The van der Waals surface area contributed by atoms with E-state index in [0.717, 1.165) is 12.8 Å². The first-order valence-electron chi connectivity index (χ1n) is 22.3. The minimum atomic E-state index is -0.638. The van der Waals surface area contributed by atoms with Crippen LogP contribution in [0.15, 0.2) is 0 Å². The zero-order valence-corrected chi connectivity index (χ0v) is 33.1. The SMILES string of the molecule is CCCCCCCCCCCC(CCCCCCCCCCC)(CCCCCCCCCCC)CCCCCCCCCCC(=O)O. The average Bonchev–Trinajstić information content (AvgIpc) is 3.06. The van der Waals surface area contributed by atoms with E-state index >= 15 is 0 Å². The number of carbonyl (C=O) groups is 1. The fraction of sp³-hybridized carbons (Fsp3) is 0.978. The van der Waals surface area contributed by atoms with E-state index in [1.807, 2.05) is 0 Å². The van der Waals surface area contributed by atoms with Crippen molar-refractivity contribution in [2.45, 2.75) is 278 Å². The molecule has 0 atom stereocenters. The standard InChI is InChI=1S/C45H90O2/c1-4-7-10-13-16-20-25-30-35-40-45(41-36-31-26-21-17-14-11-8-5-2,42-37-32-27-22-18-15-12-9-6-3)43-38-33-28-23-19-24-29-34-39-44(46)47/h4-43H2,1-3H3,(H,46,47). The van der Waals surface area contributed by atoms with Crippen molar-refractivity contribution in [2.24, 2.45) is 5.41 Å². The van der Waals surface area contributed by atoms with Gasteiger partial charge in [-0.1, -0.05) is 239 Å². The van der Waals surface area contributed by atoms with E-state index in [1.54, 1.807) is 0 Å². The van der Waals surface area contributed by atoms with Crippen molar-refractivity contribution in [1.29, 1.82) is 0 Å². The molecular formula is C45H90O2.